The zero-order valence-electron chi connectivity index (χ0n) is 12.8. The number of H-pyrrole nitrogens is 1. The number of rotatable bonds is 7. The van der Waals surface area contributed by atoms with E-state index in [-0.39, 0.29) is 12.1 Å². The van der Waals surface area contributed by atoms with Crippen LogP contribution in [0.15, 0.2) is 12.5 Å². The number of nitrogens with one attached hydrogen (secondary N) is 3. The Bertz CT molecular complexity index is 384. The molecule has 0 saturated heterocycles. The number of imidazole rings is 1. The first-order valence-electron chi connectivity index (χ1n) is 7.08. The Morgan fingerprint density at radius 2 is 2.25 bits per heavy atom. The molecule has 3 N–H and O–H groups in total. The summed E-state index contributed by atoms with van der Waals surface area (Å²) in [5, 5.41) is 6.20. The maximum Gasteiger partial charge on any atom is 0.407 e. The fourth-order valence-electron chi connectivity index (χ4n) is 1.78. The maximum atomic E-state index is 11.6. The van der Waals surface area contributed by atoms with Crippen LogP contribution in [0, 0.1) is 0 Å². The van der Waals surface area contributed by atoms with Gasteiger partial charge in [-0.3, -0.25) is 0 Å². The van der Waals surface area contributed by atoms with E-state index in [2.05, 4.69) is 27.5 Å². The number of hydrogen-bond donors (Lipinski definition) is 3. The highest BCUT2D eigenvalue weighted by Crippen LogP contribution is 2.06. The van der Waals surface area contributed by atoms with Crippen molar-refractivity contribution in [2.45, 2.75) is 58.7 Å². The van der Waals surface area contributed by atoms with Gasteiger partial charge < -0.3 is 20.4 Å². The number of alkyl carbamates (subject to hydrolysis) is 1. The van der Waals surface area contributed by atoms with Crippen LogP contribution in [0.4, 0.5) is 4.79 Å². The zero-order valence-corrected chi connectivity index (χ0v) is 12.8. The Kier molecular flexibility index (Phi) is 6.51. The third-order valence-corrected chi connectivity index (χ3v) is 2.66. The minimum absolute atomic E-state index is 0.218. The van der Waals surface area contributed by atoms with Crippen LogP contribution in [0.3, 0.4) is 0 Å². The molecule has 1 heterocycles. The number of amides is 1. The Labute approximate surface area is 120 Å². The third-order valence-electron chi connectivity index (χ3n) is 2.66. The molecule has 1 unspecified atom stereocenters. The first-order valence-corrected chi connectivity index (χ1v) is 7.08. The quantitative estimate of drug-likeness (QED) is 0.716. The fourth-order valence-corrected chi connectivity index (χ4v) is 1.78. The van der Waals surface area contributed by atoms with Crippen molar-refractivity contribution in [3.05, 3.63) is 18.2 Å². The summed E-state index contributed by atoms with van der Waals surface area (Å²) in [6, 6.07) is 0.218. The van der Waals surface area contributed by atoms with E-state index < -0.39 is 5.60 Å². The van der Waals surface area contributed by atoms with Crippen LogP contribution in [-0.4, -0.2) is 34.2 Å². The summed E-state index contributed by atoms with van der Waals surface area (Å²) < 4.78 is 5.22. The van der Waals surface area contributed by atoms with Crippen LogP contribution in [0.25, 0.3) is 0 Å². The summed E-state index contributed by atoms with van der Waals surface area (Å²) >= 11 is 0. The van der Waals surface area contributed by atoms with Gasteiger partial charge in [-0.15, -0.1) is 0 Å². The van der Waals surface area contributed by atoms with E-state index in [1.165, 1.54) is 0 Å². The minimum atomic E-state index is -0.465. The number of aromatic amines is 1. The van der Waals surface area contributed by atoms with Crippen molar-refractivity contribution in [3.63, 3.8) is 0 Å². The van der Waals surface area contributed by atoms with E-state index in [0.29, 0.717) is 13.1 Å². The van der Waals surface area contributed by atoms with Gasteiger partial charge in [0, 0.05) is 31.0 Å². The highest BCUT2D eigenvalue weighted by molar-refractivity contribution is 5.67. The van der Waals surface area contributed by atoms with E-state index in [0.717, 1.165) is 18.5 Å². The summed E-state index contributed by atoms with van der Waals surface area (Å²) in [6.45, 7) is 8.95. The Balaban J connectivity index is 2.33. The molecule has 0 radical (unpaired) electrons. The molecule has 1 atom stereocenters. The van der Waals surface area contributed by atoms with Crippen molar-refractivity contribution < 1.29 is 9.53 Å². The SMILES string of the molecule is CCCC(CNC(=O)OC(C)(C)C)NCc1cnc[nH]1. The van der Waals surface area contributed by atoms with E-state index in [1.54, 1.807) is 12.5 Å². The molecule has 0 aliphatic carbocycles. The summed E-state index contributed by atoms with van der Waals surface area (Å²) in [4.78, 5) is 18.6. The average molecular weight is 282 g/mol. The lowest BCUT2D eigenvalue weighted by Gasteiger charge is -2.22. The van der Waals surface area contributed by atoms with Crippen molar-refractivity contribution in [2.24, 2.45) is 0 Å². The highest BCUT2D eigenvalue weighted by atomic mass is 16.6. The fraction of sp³-hybridized carbons (Fsp3) is 0.714. The molecule has 1 rings (SSSR count). The third kappa shape index (κ3) is 7.13. The molecule has 0 aliphatic heterocycles. The van der Waals surface area contributed by atoms with Crippen LogP contribution >= 0.6 is 0 Å². The molecule has 114 valence electrons. The topological polar surface area (TPSA) is 79.0 Å². The van der Waals surface area contributed by atoms with Crippen molar-refractivity contribution in [2.75, 3.05) is 6.54 Å². The Morgan fingerprint density at radius 1 is 1.50 bits per heavy atom. The van der Waals surface area contributed by atoms with Gasteiger partial charge >= 0.3 is 6.09 Å². The first kappa shape index (κ1) is 16.5. The van der Waals surface area contributed by atoms with Gasteiger partial charge in [0.05, 0.1) is 6.33 Å². The summed E-state index contributed by atoms with van der Waals surface area (Å²) in [6.07, 6.45) is 5.12. The molecule has 0 bridgehead atoms. The lowest BCUT2D eigenvalue weighted by molar-refractivity contribution is 0.0521. The second-order valence-corrected chi connectivity index (χ2v) is 5.83. The Morgan fingerprint density at radius 3 is 2.80 bits per heavy atom. The van der Waals surface area contributed by atoms with Crippen LogP contribution in [0.1, 0.15) is 46.2 Å². The second kappa shape index (κ2) is 7.89. The van der Waals surface area contributed by atoms with E-state index >= 15 is 0 Å². The number of ether oxygens (including phenoxy) is 1. The smallest absolute Gasteiger partial charge is 0.407 e. The zero-order chi connectivity index (χ0) is 15.0. The van der Waals surface area contributed by atoms with Gasteiger partial charge in [0.2, 0.25) is 0 Å². The second-order valence-electron chi connectivity index (χ2n) is 5.83. The van der Waals surface area contributed by atoms with Gasteiger partial charge in [0.1, 0.15) is 5.60 Å². The molecule has 0 spiro atoms. The molecule has 0 aliphatic rings. The van der Waals surface area contributed by atoms with Gasteiger partial charge in [-0.1, -0.05) is 13.3 Å². The molecule has 1 aromatic heterocycles. The van der Waals surface area contributed by atoms with Crippen LogP contribution in [0.2, 0.25) is 0 Å². The lowest BCUT2D eigenvalue weighted by Crippen LogP contribution is -2.42. The van der Waals surface area contributed by atoms with Crippen molar-refractivity contribution in [1.82, 2.24) is 20.6 Å². The predicted molar refractivity (Wildman–Crippen MR) is 78.4 cm³/mol. The van der Waals surface area contributed by atoms with E-state index in [4.69, 9.17) is 4.74 Å². The van der Waals surface area contributed by atoms with Gasteiger partial charge in [-0.05, 0) is 27.2 Å². The number of carbonyl (C=O) groups excluding carboxylic acids is 1. The van der Waals surface area contributed by atoms with Crippen molar-refractivity contribution in [1.29, 1.82) is 0 Å². The lowest BCUT2D eigenvalue weighted by atomic mass is 10.1. The van der Waals surface area contributed by atoms with Gasteiger partial charge in [-0.25, -0.2) is 9.78 Å². The summed E-state index contributed by atoms with van der Waals surface area (Å²) in [7, 11) is 0. The predicted octanol–water partition coefficient (Wildman–Crippen LogP) is 2.19. The average Bonchev–Trinajstić information content (AvgIpc) is 2.83. The Hall–Kier alpha value is -1.56. The molecule has 20 heavy (non-hydrogen) atoms. The monoisotopic (exact) mass is 282 g/mol. The summed E-state index contributed by atoms with van der Waals surface area (Å²) in [5.74, 6) is 0. The number of carbonyl (C=O) groups is 1. The number of nitrogens with zero attached hydrogens (tertiary/aromatic N) is 1. The molecule has 6 heteroatoms. The molecule has 0 saturated carbocycles. The standard InChI is InChI=1S/C14H26N4O2/c1-5-6-11(16-9-12-7-15-10-18-12)8-17-13(19)20-14(2,3)4/h7,10-11,16H,5-6,8-9H2,1-4H3,(H,15,18)(H,17,19). The van der Waals surface area contributed by atoms with Crippen LogP contribution < -0.4 is 10.6 Å². The molecule has 0 fully saturated rings. The van der Waals surface area contributed by atoms with Crippen LogP contribution in [0.5, 0.6) is 0 Å². The molecular weight excluding hydrogens is 256 g/mol. The number of hydrogen-bond acceptors (Lipinski definition) is 4. The summed E-state index contributed by atoms with van der Waals surface area (Å²) in [5.41, 5.74) is 0.566. The van der Waals surface area contributed by atoms with Crippen molar-refractivity contribution in [3.8, 4) is 0 Å². The maximum absolute atomic E-state index is 11.6. The number of aromatic nitrogens is 2. The molecule has 6 nitrogen and oxygen atoms in total. The van der Waals surface area contributed by atoms with Gasteiger partial charge in [0.25, 0.3) is 0 Å². The molecular formula is C14H26N4O2. The van der Waals surface area contributed by atoms with Gasteiger partial charge in [-0.2, -0.15) is 0 Å². The normalized spacial score (nSPS) is 13.0. The highest BCUT2D eigenvalue weighted by Gasteiger charge is 2.17. The molecule has 0 aromatic carbocycles. The van der Waals surface area contributed by atoms with Crippen LogP contribution in [-0.2, 0) is 11.3 Å². The molecule has 1 aromatic rings. The van der Waals surface area contributed by atoms with E-state index in [9.17, 15) is 4.79 Å². The van der Waals surface area contributed by atoms with Crippen molar-refractivity contribution >= 4 is 6.09 Å². The molecule has 1 amide bonds. The first-order chi connectivity index (χ1) is 9.40. The largest absolute Gasteiger partial charge is 0.444 e. The van der Waals surface area contributed by atoms with Gasteiger partial charge in [0.15, 0.2) is 0 Å². The minimum Gasteiger partial charge on any atom is -0.444 e. The van der Waals surface area contributed by atoms with E-state index in [1.807, 2.05) is 20.8 Å².